The second kappa shape index (κ2) is 8.09. The Morgan fingerprint density at radius 1 is 1.35 bits per heavy atom. The number of Topliss-reactive ketones (excluding diaryl/α,β-unsaturated/α-hetero) is 1. The minimum atomic E-state index is -0.683. The van der Waals surface area contributed by atoms with Gasteiger partial charge in [0.25, 0.3) is 0 Å². The minimum Gasteiger partial charge on any atom is -0.478 e. The van der Waals surface area contributed by atoms with Crippen molar-refractivity contribution in [3.05, 3.63) is 57.1 Å². The van der Waals surface area contributed by atoms with E-state index in [0.29, 0.717) is 12.2 Å². The van der Waals surface area contributed by atoms with Gasteiger partial charge in [-0.05, 0) is 32.9 Å². The summed E-state index contributed by atoms with van der Waals surface area (Å²) in [6.45, 7) is 5.75. The fourth-order valence-electron chi connectivity index (χ4n) is 3.03. The van der Waals surface area contributed by atoms with Gasteiger partial charge in [-0.2, -0.15) is 0 Å². The molecule has 0 aliphatic carbocycles. The summed E-state index contributed by atoms with van der Waals surface area (Å²) in [7, 11) is 1.61. The number of halogens is 1. The van der Waals surface area contributed by atoms with Gasteiger partial charge >= 0.3 is 5.69 Å². The van der Waals surface area contributed by atoms with E-state index in [9.17, 15) is 19.3 Å². The molecule has 0 unspecified atom stereocenters. The normalized spacial score (nSPS) is 12.0. The van der Waals surface area contributed by atoms with E-state index >= 15 is 0 Å². The lowest BCUT2D eigenvalue weighted by atomic mass is 10.1. The van der Waals surface area contributed by atoms with Gasteiger partial charge in [-0.15, -0.1) is 0 Å². The van der Waals surface area contributed by atoms with Crippen molar-refractivity contribution in [1.82, 2.24) is 4.57 Å². The van der Waals surface area contributed by atoms with E-state index in [4.69, 9.17) is 9.47 Å². The molecule has 0 fully saturated rings. The molecule has 0 saturated carbocycles. The van der Waals surface area contributed by atoms with Crippen LogP contribution in [-0.4, -0.2) is 35.6 Å². The molecule has 26 heavy (non-hydrogen) atoms. The largest absolute Gasteiger partial charge is 0.478 e. The minimum absolute atomic E-state index is 0.0479. The molecule has 0 aliphatic rings. The third kappa shape index (κ3) is 4.08. The van der Waals surface area contributed by atoms with E-state index in [2.05, 4.69) is 0 Å². The van der Waals surface area contributed by atoms with Crippen molar-refractivity contribution in [3.8, 4) is 5.75 Å². The summed E-state index contributed by atoms with van der Waals surface area (Å²) in [6, 6.07) is 4.67. The van der Waals surface area contributed by atoms with E-state index in [-0.39, 0.29) is 17.6 Å². The maximum Gasteiger partial charge on any atom is 0.311 e. The summed E-state index contributed by atoms with van der Waals surface area (Å²) in [5, 5.41) is 11.0. The van der Waals surface area contributed by atoms with Crippen LogP contribution in [0.5, 0.6) is 5.75 Å². The zero-order chi connectivity index (χ0) is 19.4. The quantitative estimate of drug-likeness (QED) is 0.406. The van der Waals surface area contributed by atoms with Crippen molar-refractivity contribution in [2.24, 2.45) is 0 Å². The molecule has 8 heteroatoms. The van der Waals surface area contributed by atoms with E-state index in [1.54, 1.807) is 13.2 Å². The number of hydrogen-bond donors (Lipinski definition) is 0. The molecule has 0 amide bonds. The fraction of sp³-hybridized carbons (Fsp3) is 0.389. The lowest BCUT2D eigenvalue weighted by molar-refractivity contribution is -0.385. The fourth-order valence-corrected chi connectivity index (χ4v) is 3.03. The summed E-state index contributed by atoms with van der Waals surface area (Å²) < 4.78 is 25.7. The number of benzene rings is 1. The SMILES string of the molecule is COC[C@@H](C)n1c(C)cc(C(=O)COc2cc(F)ccc2[N+](=O)[O-])c1C. The van der Waals surface area contributed by atoms with Crippen LogP contribution in [0.4, 0.5) is 10.1 Å². The molecule has 0 radical (unpaired) electrons. The third-order valence-corrected chi connectivity index (χ3v) is 4.11. The van der Waals surface area contributed by atoms with Crippen LogP contribution in [0.1, 0.15) is 34.7 Å². The summed E-state index contributed by atoms with van der Waals surface area (Å²) in [5.74, 6) is -1.29. The molecule has 1 atom stereocenters. The zero-order valence-electron chi connectivity index (χ0n) is 15.1. The Labute approximate surface area is 150 Å². The Kier molecular flexibility index (Phi) is 6.10. The van der Waals surface area contributed by atoms with Crippen LogP contribution in [-0.2, 0) is 4.74 Å². The second-order valence-electron chi connectivity index (χ2n) is 6.04. The van der Waals surface area contributed by atoms with E-state index in [1.807, 2.05) is 25.3 Å². The molecule has 2 aromatic rings. The molecule has 1 aromatic carbocycles. The first kappa shape index (κ1) is 19.6. The molecule has 0 aliphatic heterocycles. The number of carbonyl (C=O) groups excluding carboxylic acids is 1. The summed E-state index contributed by atoms with van der Waals surface area (Å²) >= 11 is 0. The van der Waals surface area contributed by atoms with Gasteiger partial charge in [0.2, 0.25) is 5.78 Å². The predicted octanol–water partition coefficient (Wildman–Crippen LogP) is 3.62. The molecule has 7 nitrogen and oxygen atoms in total. The lowest BCUT2D eigenvalue weighted by Crippen LogP contribution is -2.16. The van der Waals surface area contributed by atoms with Crippen LogP contribution < -0.4 is 4.74 Å². The topological polar surface area (TPSA) is 83.6 Å². The van der Waals surface area contributed by atoms with Crippen molar-refractivity contribution >= 4 is 11.5 Å². The van der Waals surface area contributed by atoms with Gasteiger partial charge in [0.05, 0.1) is 17.6 Å². The first-order chi connectivity index (χ1) is 12.3. The number of nitro groups is 1. The molecule has 2 rings (SSSR count). The van der Waals surface area contributed by atoms with E-state index < -0.39 is 23.0 Å². The van der Waals surface area contributed by atoms with Gasteiger partial charge in [-0.3, -0.25) is 14.9 Å². The Morgan fingerprint density at radius 2 is 2.04 bits per heavy atom. The smallest absolute Gasteiger partial charge is 0.311 e. The average molecular weight is 364 g/mol. The first-order valence-electron chi connectivity index (χ1n) is 8.03. The van der Waals surface area contributed by atoms with Gasteiger partial charge in [0.15, 0.2) is 12.4 Å². The third-order valence-electron chi connectivity index (χ3n) is 4.11. The van der Waals surface area contributed by atoms with Crippen LogP contribution in [0, 0.1) is 29.8 Å². The number of hydrogen-bond acceptors (Lipinski definition) is 5. The lowest BCUT2D eigenvalue weighted by Gasteiger charge is -2.17. The van der Waals surface area contributed by atoms with Gasteiger partial charge in [0, 0.05) is 36.2 Å². The molecule has 1 aromatic heterocycles. The molecule has 1 heterocycles. The average Bonchev–Trinajstić information content (AvgIpc) is 2.87. The summed E-state index contributed by atoms with van der Waals surface area (Å²) in [5.41, 5.74) is 1.73. The van der Waals surface area contributed by atoms with Crippen LogP contribution in [0.3, 0.4) is 0 Å². The summed E-state index contributed by atoms with van der Waals surface area (Å²) in [4.78, 5) is 22.8. The molecule has 0 N–H and O–H groups in total. The molecule has 0 spiro atoms. The van der Waals surface area contributed by atoms with Crippen molar-refractivity contribution in [1.29, 1.82) is 0 Å². The Hall–Kier alpha value is -2.74. The highest BCUT2D eigenvalue weighted by Crippen LogP contribution is 2.28. The molecular weight excluding hydrogens is 343 g/mol. The van der Waals surface area contributed by atoms with Crippen molar-refractivity contribution in [3.63, 3.8) is 0 Å². The highest BCUT2D eigenvalue weighted by atomic mass is 19.1. The number of aromatic nitrogens is 1. The van der Waals surface area contributed by atoms with Crippen LogP contribution in [0.15, 0.2) is 24.3 Å². The molecule has 0 saturated heterocycles. The summed E-state index contributed by atoms with van der Waals surface area (Å²) in [6.07, 6.45) is 0. The predicted molar refractivity (Wildman–Crippen MR) is 93.4 cm³/mol. The highest BCUT2D eigenvalue weighted by molar-refractivity contribution is 5.98. The van der Waals surface area contributed by atoms with E-state index in [1.165, 1.54) is 0 Å². The standard InChI is InChI=1S/C18H21FN2O5/c1-11-7-15(13(3)20(11)12(2)9-25-4)17(22)10-26-18-8-14(19)5-6-16(18)21(23)24/h5-8,12H,9-10H2,1-4H3/t12-/m1/s1. The van der Waals surface area contributed by atoms with Crippen molar-refractivity contribution in [2.75, 3.05) is 20.3 Å². The van der Waals surface area contributed by atoms with Gasteiger partial charge in [-0.25, -0.2) is 4.39 Å². The number of rotatable bonds is 8. The van der Waals surface area contributed by atoms with Gasteiger partial charge in [-0.1, -0.05) is 0 Å². The second-order valence-corrected chi connectivity index (χ2v) is 6.04. The van der Waals surface area contributed by atoms with Gasteiger partial charge in [0.1, 0.15) is 5.82 Å². The number of ether oxygens (including phenoxy) is 2. The molecule has 0 bridgehead atoms. The van der Waals surface area contributed by atoms with E-state index in [0.717, 1.165) is 29.6 Å². The van der Waals surface area contributed by atoms with Gasteiger partial charge < -0.3 is 14.0 Å². The number of nitro benzene ring substituents is 1. The molecule has 140 valence electrons. The number of ketones is 1. The Morgan fingerprint density at radius 3 is 2.65 bits per heavy atom. The number of nitrogens with zero attached hydrogens (tertiary/aromatic N) is 2. The van der Waals surface area contributed by atoms with Crippen LogP contribution in [0.2, 0.25) is 0 Å². The highest BCUT2D eigenvalue weighted by Gasteiger charge is 2.21. The molecular formula is C18H21FN2O5. The maximum absolute atomic E-state index is 13.3. The maximum atomic E-state index is 13.3. The van der Waals surface area contributed by atoms with Crippen LogP contribution in [0.25, 0.3) is 0 Å². The Bertz CT molecular complexity index is 831. The number of methoxy groups -OCH3 is 1. The van der Waals surface area contributed by atoms with Crippen LogP contribution >= 0.6 is 0 Å². The monoisotopic (exact) mass is 364 g/mol. The zero-order valence-corrected chi connectivity index (χ0v) is 15.1. The first-order valence-corrected chi connectivity index (χ1v) is 8.03. The Balaban J connectivity index is 2.21. The number of carbonyl (C=O) groups is 1. The van der Waals surface area contributed by atoms with Crippen molar-refractivity contribution < 1.29 is 23.6 Å². The number of aryl methyl sites for hydroxylation is 1. The van der Waals surface area contributed by atoms with Crippen molar-refractivity contribution in [2.45, 2.75) is 26.8 Å².